The number of ether oxygens (including phenoxy) is 3. The Morgan fingerprint density at radius 3 is 2.52 bits per heavy atom. The zero-order valence-electron chi connectivity index (χ0n) is 22.6. The van der Waals surface area contributed by atoms with Crippen LogP contribution < -0.4 is 9.47 Å². The van der Waals surface area contributed by atoms with Crippen LogP contribution in [0.4, 0.5) is 17.6 Å². The highest BCUT2D eigenvalue weighted by atomic mass is 35.5. The van der Waals surface area contributed by atoms with Gasteiger partial charge in [0.15, 0.2) is 22.9 Å². The van der Waals surface area contributed by atoms with Crippen LogP contribution >= 0.6 is 11.6 Å². The summed E-state index contributed by atoms with van der Waals surface area (Å²) in [6.07, 6.45) is -3.29. The van der Waals surface area contributed by atoms with Gasteiger partial charge in [0, 0.05) is 24.1 Å². The quantitative estimate of drug-likeness (QED) is 0.319. The molecule has 2 saturated heterocycles. The largest absolute Gasteiger partial charge is 0.477 e. The van der Waals surface area contributed by atoms with Gasteiger partial charge in [-0.25, -0.2) is 14.2 Å². The van der Waals surface area contributed by atoms with Crippen molar-refractivity contribution in [2.24, 2.45) is 0 Å². The lowest BCUT2D eigenvalue weighted by Gasteiger charge is -2.33. The maximum atomic E-state index is 14.7. The number of likely N-dealkylation sites (tertiary alicyclic amines) is 1. The number of halogens is 5. The van der Waals surface area contributed by atoms with E-state index in [0.717, 1.165) is 10.1 Å². The standard InChI is InChI=1S/C29H28ClF4N3O5/c1-28(20-6-5-17(30)13-21(20)31)41-22-4-2-3-19(25(22)42-28)16-7-10-36(11-8-16)15-23-35-26(29(32,33)34)24(27(38)39)37(23)14-18-9-12-40-18/h2-6,13,16,18H,7-12,14-15H2,1H3,(H,38,39). The molecule has 13 heteroatoms. The number of para-hydroxylation sites is 1. The first kappa shape index (κ1) is 28.8. The van der Waals surface area contributed by atoms with Gasteiger partial charge in [0.1, 0.15) is 11.6 Å². The molecule has 0 aliphatic carbocycles. The number of piperidine rings is 1. The topological polar surface area (TPSA) is 86.1 Å². The molecule has 3 aliphatic rings. The van der Waals surface area contributed by atoms with Gasteiger partial charge in [-0.2, -0.15) is 13.2 Å². The Bertz CT molecular complexity index is 1520. The maximum absolute atomic E-state index is 14.7. The number of hydrogen-bond acceptors (Lipinski definition) is 6. The Kier molecular flexibility index (Phi) is 7.35. The summed E-state index contributed by atoms with van der Waals surface area (Å²) >= 11 is 5.92. The van der Waals surface area contributed by atoms with Crippen LogP contribution in [0, 0.1) is 5.82 Å². The lowest BCUT2D eigenvalue weighted by Crippen LogP contribution is -2.36. The molecule has 6 rings (SSSR count). The summed E-state index contributed by atoms with van der Waals surface area (Å²) in [5.74, 6) is -2.47. The number of aromatic nitrogens is 2. The van der Waals surface area contributed by atoms with E-state index in [9.17, 15) is 27.5 Å². The van der Waals surface area contributed by atoms with Gasteiger partial charge in [0.2, 0.25) is 0 Å². The first-order valence-electron chi connectivity index (χ1n) is 13.6. The van der Waals surface area contributed by atoms with Gasteiger partial charge in [-0.05, 0) is 62.5 Å². The number of carbonyl (C=O) groups is 1. The average Bonchev–Trinajstić information content (AvgIpc) is 3.44. The molecule has 3 aliphatic heterocycles. The van der Waals surface area contributed by atoms with E-state index in [0.29, 0.717) is 50.5 Å². The zero-order chi connectivity index (χ0) is 29.8. The molecule has 8 nitrogen and oxygen atoms in total. The van der Waals surface area contributed by atoms with E-state index in [1.165, 1.54) is 12.1 Å². The van der Waals surface area contributed by atoms with Crippen LogP contribution in [0.2, 0.25) is 5.02 Å². The fourth-order valence-electron chi connectivity index (χ4n) is 5.90. The second kappa shape index (κ2) is 10.7. The summed E-state index contributed by atoms with van der Waals surface area (Å²) in [7, 11) is 0. The Labute approximate surface area is 243 Å². The third-order valence-electron chi connectivity index (χ3n) is 8.12. The van der Waals surface area contributed by atoms with E-state index < -0.39 is 35.1 Å². The smallest absolute Gasteiger partial charge is 0.435 e. The molecule has 0 bridgehead atoms. The highest BCUT2D eigenvalue weighted by molar-refractivity contribution is 6.30. The van der Waals surface area contributed by atoms with Crippen LogP contribution in [0.3, 0.4) is 0 Å². The predicted molar refractivity (Wildman–Crippen MR) is 142 cm³/mol. The Hall–Kier alpha value is -3.35. The Balaban J connectivity index is 1.19. The van der Waals surface area contributed by atoms with Crippen molar-refractivity contribution in [2.45, 2.75) is 63.3 Å². The van der Waals surface area contributed by atoms with Gasteiger partial charge in [-0.15, -0.1) is 0 Å². The highest BCUT2D eigenvalue weighted by Gasteiger charge is 2.44. The van der Waals surface area contributed by atoms with Gasteiger partial charge in [-0.1, -0.05) is 23.7 Å². The molecule has 3 aromatic rings. The Morgan fingerprint density at radius 1 is 1.17 bits per heavy atom. The maximum Gasteiger partial charge on any atom is 0.435 e. The molecule has 224 valence electrons. The molecule has 2 unspecified atom stereocenters. The molecule has 0 radical (unpaired) electrons. The lowest BCUT2D eigenvalue weighted by atomic mass is 9.88. The number of benzene rings is 2. The second-order valence-electron chi connectivity index (χ2n) is 10.9. The SMILES string of the molecule is CC1(c2ccc(Cl)cc2F)Oc2cccc(C3CCN(Cc4nc(C(F)(F)F)c(C(=O)O)n4CC4CCO4)CC3)c2O1. The second-order valence-corrected chi connectivity index (χ2v) is 11.4. The molecule has 0 spiro atoms. The van der Waals surface area contributed by atoms with E-state index in [-0.39, 0.29) is 41.5 Å². The summed E-state index contributed by atoms with van der Waals surface area (Å²) < 4.78 is 74.8. The van der Waals surface area contributed by atoms with Gasteiger partial charge in [-0.3, -0.25) is 4.90 Å². The molecule has 0 amide bonds. The molecular weight excluding hydrogens is 582 g/mol. The van der Waals surface area contributed by atoms with Crippen molar-refractivity contribution in [3.05, 3.63) is 75.6 Å². The average molecular weight is 610 g/mol. The van der Waals surface area contributed by atoms with Crippen LogP contribution in [0.15, 0.2) is 36.4 Å². The van der Waals surface area contributed by atoms with E-state index in [4.69, 9.17) is 25.8 Å². The fourth-order valence-corrected chi connectivity index (χ4v) is 6.06. The van der Waals surface area contributed by atoms with Crippen LogP contribution in [-0.2, 0) is 29.8 Å². The predicted octanol–water partition coefficient (Wildman–Crippen LogP) is 6.21. The molecule has 2 atom stereocenters. The van der Waals surface area contributed by atoms with E-state index >= 15 is 0 Å². The number of rotatable bonds is 7. The van der Waals surface area contributed by atoms with Crippen LogP contribution in [0.25, 0.3) is 0 Å². The van der Waals surface area contributed by atoms with Crippen molar-refractivity contribution in [1.82, 2.24) is 14.5 Å². The lowest BCUT2D eigenvalue weighted by molar-refractivity contribution is -0.141. The van der Waals surface area contributed by atoms with Crippen molar-refractivity contribution < 1.29 is 41.7 Å². The summed E-state index contributed by atoms with van der Waals surface area (Å²) in [5.41, 5.74) is -1.14. The molecule has 2 aromatic carbocycles. The minimum Gasteiger partial charge on any atom is -0.477 e. The number of fused-ring (bicyclic) bond motifs is 1. The highest BCUT2D eigenvalue weighted by Crippen LogP contribution is 2.50. The van der Waals surface area contributed by atoms with Crippen molar-refractivity contribution in [3.8, 4) is 11.5 Å². The van der Waals surface area contributed by atoms with Crippen molar-refractivity contribution in [1.29, 1.82) is 0 Å². The normalized spacial score (nSPS) is 22.8. The number of imidazole rings is 1. The van der Waals surface area contributed by atoms with Crippen molar-refractivity contribution >= 4 is 17.6 Å². The Morgan fingerprint density at radius 2 is 1.90 bits per heavy atom. The number of carboxylic acids is 1. The summed E-state index contributed by atoms with van der Waals surface area (Å²) in [6.45, 7) is 3.27. The van der Waals surface area contributed by atoms with Crippen molar-refractivity contribution in [2.75, 3.05) is 19.7 Å². The van der Waals surface area contributed by atoms with E-state index in [2.05, 4.69) is 4.98 Å². The number of nitrogens with zero attached hydrogens (tertiary/aromatic N) is 3. The molecule has 2 fully saturated rings. The van der Waals surface area contributed by atoms with Gasteiger partial charge < -0.3 is 23.9 Å². The molecule has 1 N–H and O–H groups in total. The van der Waals surface area contributed by atoms with Crippen LogP contribution in [-0.4, -0.2) is 51.3 Å². The van der Waals surface area contributed by atoms with Gasteiger partial charge in [0.25, 0.3) is 5.79 Å². The van der Waals surface area contributed by atoms with E-state index in [1.807, 2.05) is 17.0 Å². The first-order valence-corrected chi connectivity index (χ1v) is 14.0. The molecule has 1 aromatic heterocycles. The molecular formula is C29H28ClF4N3O5. The third kappa shape index (κ3) is 5.31. The first-order chi connectivity index (χ1) is 19.9. The van der Waals surface area contributed by atoms with Crippen molar-refractivity contribution in [3.63, 3.8) is 0 Å². The molecule has 42 heavy (non-hydrogen) atoms. The van der Waals surface area contributed by atoms with Gasteiger partial charge in [0.05, 0.1) is 24.8 Å². The van der Waals surface area contributed by atoms with Gasteiger partial charge >= 0.3 is 12.1 Å². The zero-order valence-corrected chi connectivity index (χ0v) is 23.3. The van der Waals surface area contributed by atoms with Crippen LogP contribution in [0.1, 0.15) is 65.2 Å². The van der Waals surface area contributed by atoms with E-state index in [1.54, 1.807) is 19.1 Å². The molecule has 4 heterocycles. The number of hydrogen-bond donors (Lipinski definition) is 1. The monoisotopic (exact) mass is 609 g/mol. The summed E-state index contributed by atoms with van der Waals surface area (Å²) in [4.78, 5) is 17.6. The third-order valence-corrected chi connectivity index (χ3v) is 8.36. The van der Waals surface area contributed by atoms with Crippen LogP contribution in [0.5, 0.6) is 11.5 Å². The summed E-state index contributed by atoms with van der Waals surface area (Å²) in [5, 5.41) is 9.90. The number of aromatic carboxylic acids is 1. The summed E-state index contributed by atoms with van der Waals surface area (Å²) in [6, 6.07) is 9.85. The number of alkyl halides is 3. The fraction of sp³-hybridized carbons (Fsp3) is 0.448. The number of carboxylic acid groups (broad SMARTS) is 1. The minimum atomic E-state index is -4.90. The minimum absolute atomic E-state index is 0.00299. The molecule has 0 saturated carbocycles.